The van der Waals surface area contributed by atoms with Gasteiger partial charge >= 0.3 is 0 Å². The van der Waals surface area contributed by atoms with Crippen LogP contribution in [0.25, 0.3) is 6.08 Å². The molecular weight excluding hydrogens is 416 g/mol. The van der Waals surface area contributed by atoms with Crippen LogP contribution in [0.4, 0.5) is 11.4 Å². The standard InChI is InChI=1S/C25H30N6O2/c26-23-10-4-5-11-24(23)27-25(33)13-12-20-16-31(29-28-20)21-15-22(18-32)30(17-21)14-6-9-19-7-2-1-3-8-19/h1-5,7-8,10-13,16,21-22,32H,6,9,14-15,17-18,26H2,(H,27,33)/b13-12+/t21-,22+/m1/s1. The summed E-state index contributed by atoms with van der Waals surface area (Å²) in [6, 6.07) is 17.8. The van der Waals surface area contributed by atoms with Crippen molar-refractivity contribution in [3.63, 3.8) is 0 Å². The van der Waals surface area contributed by atoms with Gasteiger partial charge in [0.2, 0.25) is 5.91 Å². The Morgan fingerprint density at radius 1 is 1.18 bits per heavy atom. The Morgan fingerprint density at radius 3 is 2.76 bits per heavy atom. The minimum atomic E-state index is -0.284. The average Bonchev–Trinajstić information content (AvgIpc) is 3.47. The average molecular weight is 447 g/mol. The molecule has 2 atom stereocenters. The van der Waals surface area contributed by atoms with Crippen molar-refractivity contribution in [3.05, 3.63) is 78.1 Å². The molecule has 1 aliphatic rings. The molecule has 1 aromatic heterocycles. The Morgan fingerprint density at radius 2 is 1.97 bits per heavy atom. The minimum absolute atomic E-state index is 0.121. The van der Waals surface area contributed by atoms with Crippen molar-refractivity contribution in [2.24, 2.45) is 0 Å². The molecule has 1 amide bonds. The van der Waals surface area contributed by atoms with Crippen LogP contribution in [-0.2, 0) is 11.2 Å². The van der Waals surface area contributed by atoms with E-state index in [2.05, 4.69) is 44.8 Å². The van der Waals surface area contributed by atoms with Crippen LogP contribution in [0.5, 0.6) is 0 Å². The lowest BCUT2D eigenvalue weighted by Gasteiger charge is -2.22. The number of nitrogens with zero attached hydrogens (tertiary/aromatic N) is 4. The third-order valence-electron chi connectivity index (χ3n) is 6.00. The van der Waals surface area contributed by atoms with Gasteiger partial charge in [0.25, 0.3) is 0 Å². The lowest BCUT2D eigenvalue weighted by molar-refractivity contribution is -0.111. The minimum Gasteiger partial charge on any atom is -0.397 e. The van der Waals surface area contributed by atoms with Gasteiger partial charge in [-0.25, -0.2) is 4.68 Å². The predicted molar refractivity (Wildman–Crippen MR) is 129 cm³/mol. The summed E-state index contributed by atoms with van der Waals surface area (Å²) in [7, 11) is 0. The Balaban J connectivity index is 1.30. The predicted octanol–water partition coefficient (Wildman–Crippen LogP) is 2.75. The number of carbonyl (C=O) groups excluding carboxylic acids is 1. The monoisotopic (exact) mass is 446 g/mol. The maximum absolute atomic E-state index is 12.2. The fourth-order valence-electron chi connectivity index (χ4n) is 4.24. The van der Waals surface area contributed by atoms with Crippen LogP contribution >= 0.6 is 0 Å². The highest BCUT2D eigenvalue weighted by Crippen LogP contribution is 2.27. The lowest BCUT2D eigenvalue weighted by atomic mass is 10.1. The van der Waals surface area contributed by atoms with E-state index in [1.807, 2.05) is 29.1 Å². The Bertz CT molecular complexity index is 1080. The maximum Gasteiger partial charge on any atom is 0.248 e. The molecule has 0 saturated carbocycles. The Kier molecular flexibility index (Phi) is 7.49. The van der Waals surface area contributed by atoms with Gasteiger partial charge in [-0.2, -0.15) is 0 Å². The molecule has 0 aliphatic carbocycles. The van der Waals surface area contributed by atoms with Crippen LogP contribution in [-0.4, -0.2) is 56.6 Å². The van der Waals surface area contributed by atoms with Gasteiger partial charge in [0.05, 0.1) is 30.2 Å². The van der Waals surface area contributed by atoms with Crippen molar-refractivity contribution in [1.82, 2.24) is 19.9 Å². The molecule has 2 heterocycles. The van der Waals surface area contributed by atoms with Crippen molar-refractivity contribution in [3.8, 4) is 0 Å². The zero-order chi connectivity index (χ0) is 23.0. The molecule has 1 aliphatic heterocycles. The topological polar surface area (TPSA) is 109 Å². The van der Waals surface area contributed by atoms with E-state index in [0.717, 1.165) is 32.4 Å². The van der Waals surface area contributed by atoms with Gasteiger partial charge in [-0.15, -0.1) is 5.10 Å². The largest absolute Gasteiger partial charge is 0.397 e. The van der Waals surface area contributed by atoms with Crippen LogP contribution in [0.1, 0.15) is 30.1 Å². The van der Waals surface area contributed by atoms with E-state index in [9.17, 15) is 9.90 Å². The van der Waals surface area contributed by atoms with Crippen LogP contribution in [0.15, 0.2) is 66.9 Å². The molecule has 0 spiro atoms. The number of nitrogens with one attached hydrogen (secondary N) is 1. The first-order valence-electron chi connectivity index (χ1n) is 11.3. The number of nitrogen functional groups attached to an aromatic ring is 1. The highest BCUT2D eigenvalue weighted by molar-refractivity contribution is 6.03. The number of aliphatic hydroxyl groups excluding tert-OH is 1. The third-order valence-corrected chi connectivity index (χ3v) is 6.00. The van der Waals surface area contributed by atoms with Gasteiger partial charge in [0, 0.05) is 18.7 Å². The number of aromatic nitrogens is 3. The van der Waals surface area contributed by atoms with E-state index in [4.69, 9.17) is 5.73 Å². The molecule has 1 saturated heterocycles. The third kappa shape index (κ3) is 6.06. The highest BCUT2D eigenvalue weighted by atomic mass is 16.3. The Hall–Kier alpha value is -3.49. The first kappa shape index (κ1) is 22.7. The number of carbonyl (C=O) groups is 1. The number of benzene rings is 2. The van der Waals surface area contributed by atoms with Gasteiger partial charge < -0.3 is 16.2 Å². The summed E-state index contributed by atoms with van der Waals surface area (Å²) < 4.78 is 1.84. The molecule has 4 N–H and O–H groups in total. The normalized spacial score (nSPS) is 18.7. The number of amides is 1. The lowest BCUT2D eigenvalue weighted by Crippen LogP contribution is -2.33. The quantitative estimate of drug-likeness (QED) is 0.344. The highest BCUT2D eigenvalue weighted by Gasteiger charge is 2.32. The molecule has 0 bridgehead atoms. The van der Waals surface area contributed by atoms with Gasteiger partial charge in [-0.3, -0.25) is 9.69 Å². The summed E-state index contributed by atoms with van der Waals surface area (Å²) in [5, 5.41) is 21.0. The fourth-order valence-corrected chi connectivity index (χ4v) is 4.24. The second kappa shape index (κ2) is 10.9. The van der Waals surface area contributed by atoms with Gasteiger partial charge in [0.1, 0.15) is 5.69 Å². The Labute approximate surface area is 193 Å². The molecule has 0 unspecified atom stereocenters. The van der Waals surface area contributed by atoms with Crippen molar-refractivity contribution in [1.29, 1.82) is 0 Å². The number of likely N-dealkylation sites (tertiary alicyclic amines) is 1. The first-order chi connectivity index (χ1) is 16.1. The van der Waals surface area contributed by atoms with Gasteiger partial charge in [-0.1, -0.05) is 47.7 Å². The number of hydrogen-bond acceptors (Lipinski definition) is 6. The van der Waals surface area contributed by atoms with E-state index in [1.54, 1.807) is 18.2 Å². The van der Waals surface area contributed by atoms with Gasteiger partial charge in [-0.05, 0) is 49.6 Å². The molecule has 33 heavy (non-hydrogen) atoms. The van der Waals surface area contributed by atoms with Gasteiger partial charge in [0.15, 0.2) is 0 Å². The molecule has 8 heteroatoms. The second-order valence-corrected chi connectivity index (χ2v) is 8.34. The molecule has 0 radical (unpaired) electrons. The summed E-state index contributed by atoms with van der Waals surface area (Å²) in [5.41, 5.74) is 8.88. The van der Waals surface area contributed by atoms with Crippen molar-refractivity contribution in [2.45, 2.75) is 31.3 Å². The molecule has 3 aromatic rings. The SMILES string of the molecule is Nc1ccccc1NC(=O)/C=C/c1cn([C@@H]2C[C@@H](CO)N(CCCc3ccccc3)C2)nn1. The number of para-hydroxylation sites is 2. The van der Waals surface area contributed by atoms with Crippen LogP contribution in [0, 0.1) is 0 Å². The van der Waals surface area contributed by atoms with E-state index < -0.39 is 0 Å². The number of anilines is 2. The molecule has 172 valence electrons. The molecule has 2 aromatic carbocycles. The number of nitrogens with two attached hydrogens (primary N) is 1. The van der Waals surface area contributed by atoms with E-state index >= 15 is 0 Å². The van der Waals surface area contributed by atoms with Crippen LogP contribution < -0.4 is 11.1 Å². The first-order valence-corrected chi connectivity index (χ1v) is 11.3. The number of aliphatic hydroxyl groups is 1. The maximum atomic E-state index is 12.2. The van der Waals surface area contributed by atoms with E-state index in [0.29, 0.717) is 17.1 Å². The number of hydrogen-bond donors (Lipinski definition) is 3. The van der Waals surface area contributed by atoms with E-state index in [-0.39, 0.29) is 24.6 Å². The van der Waals surface area contributed by atoms with Crippen molar-refractivity contribution >= 4 is 23.4 Å². The zero-order valence-electron chi connectivity index (χ0n) is 18.5. The molecular formula is C25H30N6O2. The fraction of sp³-hybridized carbons (Fsp3) is 0.320. The zero-order valence-corrected chi connectivity index (χ0v) is 18.5. The van der Waals surface area contributed by atoms with Crippen molar-refractivity contribution < 1.29 is 9.90 Å². The summed E-state index contributed by atoms with van der Waals surface area (Å²) >= 11 is 0. The summed E-state index contributed by atoms with van der Waals surface area (Å²) in [4.78, 5) is 14.5. The van der Waals surface area contributed by atoms with Crippen molar-refractivity contribution in [2.75, 3.05) is 30.7 Å². The molecule has 1 fully saturated rings. The smallest absolute Gasteiger partial charge is 0.248 e. The van der Waals surface area contributed by atoms with Crippen LogP contribution in [0.3, 0.4) is 0 Å². The summed E-state index contributed by atoms with van der Waals surface area (Å²) in [6.07, 6.45) is 7.78. The van der Waals surface area contributed by atoms with Crippen LogP contribution in [0.2, 0.25) is 0 Å². The molecule has 8 nitrogen and oxygen atoms in total. The number of aryl methyl sites for hydroxylation is 1. The number of rotatable bonds is 9. The molecule has 4 rings (SSSR count). The van der Waals surface area contributed by atoms with E-state index in [1.165, 1.54) is 11.6 Å². The summed E-state index contributed by atoms with van der Waals surface area (Å²) in [5.74, 6) is -0.284. The summed E-state index contributed by atoms with van der Waals surface area (Å²) in [6.45, 7) is 1.88. The second-order valence-electron chi connectivity index (χ2n) is 8.34.